The molecular weight excluding hydrogens is 513 g/mol. The topological polar surface area (TPSA) is 77.6 Å². The van der Waals surface area contributed by atoms with Gasteiger partial charge in [0.2, 0.25) is 5.91 Å². The van der Waals surface area contributed by atoms with Crippen molar-refractivity contribution in [3.63, 3.8) is 0 Å². The Kier molecular flexibility index (Phi) is 8.60. The Labute approximate surface area is 231 Å². The number of aromatic nitrogens is 1. The molecule has 0 aliphatic carbocycles. The molecule has 0 unspecified atom stereocenters. The largest absolute Gasteiger partial charge is 0.348 e. The van der Waals surface area contributed by atoms with Crippen molar-refractivity contribution >= 4 is 34.0 Å². The van der Waals surface area contributed by atoms with E-state index in [0.29, 0.717) is 49.1 Å². The number of para-hydroxylation sites is 1. The van der Waals surface area contributed by atoms with Crippen molar-refractivity contribution in [1.29, 1.82) is 0 Å². The molecule has 0 radical (unpaired) electrons. The summed E-state index contributed by atoms with van der Waals surface area (Å²) in [5.41, 5.74) is 2.87. The second-order valence-electron chi connectivity index (χ2n) is 9.43. The molecule has 1 fully saturated rings. The van der Waals surface area contributed by atoms with Crippen LogP contribution in [0, 0.1) is 5.82 Å². The van der Waals surface area contributed by atoms with Crippen LogP contribution in [-0.4, -0.2) is 59.3 Å². The summed E-state index contributed by atoms with van der Waals surface area (Å²) < 4.78 is 13.9. The summed E-state index contributed by atoms with van der Waals surface area (Å²) in [5, 5.41) is 8.29. The molecule has 3 aromatic carbocycles. The fourth-order valence-corrected chi connectivity index (χ4v) is 5.31. The number of anilines is 2. The molecule has 1 atom stereocenters. The SMILES string of the molecule is O=C(CN1CCN(C(=O)c2csc(Nc3ccccc3F)n2)CC1)N[C@H](Cc1ccccc1)c1ccccc1. The van der Waals surface area contributed by atoms with E-state index in [1.807, 2.05) is 48.5 Å². The van der Waals surface area contributed by atoms with Crippen LogP contribution in [0.1, 0.15) is 27.7 Å². The van der Waals surface area contributed by atoms with Crippen LogP contribution in [0.25, 0.3) is 0 Å². The number of hydrogen-bond acceptors (Lipinski definition) is 6. The Balaban J connectivity index is 1.13. The Morgan fingerprint density at radius 1 is 0.897 bits per heavy atom. The lowest BCUT2D eigenvalue weighted by atomic mass is 9.99. The number of carbonyl (C=O) groups excluding carboxylic acids is 2. The molecule has 4 aromatic rings. The van der Waals surface area contributed by atoms with Crippen molar-refractivity contribution in [1.82, 2.24) is 20.1 Å². The molecule has 1 aromatic heterocycles. The molecule has 9 heteroatoms. The van der Waals surface area contributed by atoms with Crippen molar-refractivity contribution in [3.8, 4) is 0 Å². The molecule has 2 N–H and O–H groups in total. The van der Waals surface area contributed by atoms with Gasteiger partial charge in [-0.15, -0.1) is 11.3 Å². The number of piperazine rings is 1. The molecule has 2 heterocycles. The van der Waals surface area contributed by atoms with Crippen molar-refractivity contribution < 1.29 is 14.0 Å². The van der Waals surface area contributed by atoms with Gasteiger partial charge in [0.15, 0.2) is 5.13 Å². The monoisotopic (exact) mass is 543 g/mol. The van der Waals surface area contributed by atoms with Gasteiger partial charge in [-0.05, 0) is 29.7 Å². The third kappa shape index (κ3) is 7.07. The lowest BCUT2D eigenvalue weighted by molar-refractivity contribution is -0.123. The Hall–Kier alpha value is -4.08. The summed E-state index contributed by atoms with van der Waals surface area (Å²) in [5.74, 6) is -0.581. The zero-order valence-electron chi connectivity index (χ0n) is 21.4. The lowest BCUT2D eigenvalue weighted by Crippen LogP contribution is -2.51. The van der Waals surface area contributed by atoms with Crippen LogP contribution >= 0.6 is 11.3 Å². The minimum absolute atomic E-state index is 0.0390. The Morgan fingerprint density at radius 3 is 2.28 bits per heavy atom. The van der Waals surface area contributed by atoms with Gasteiger partial charge in [-0.2, -0.15) is 0 Å². The van der Waals surface area contributed by atoms with Crippen molar-refractivity contribution in [2.45, 2.75) is 12.5 Å². The molecule has 200 valence electrons. The van der Waals surface area contributed by atoms with E-state index >= 15 is 0 Å². The third-order valence-electron chi connectivity index (χ3n) is 6.69. The van der Waals surface area contributed by atoms with Gasteiger partial charge < -0.3 is 15.5 Å². The summed E-state index contributed by atoms with van der Waals surface area (Å²) in [4.78, 5) is 34.2. The molecule has 1 aliphatic rings. The van der Waals surface area contributed by atoms with E-state index in [0.717, 1.165) is 11.1 Å². The first-order chi connectivity index (χ1) is 19.0. The molecule has 0 bridgehead atoms. The fraction of sp³-hybridized carbons (Fsp3) is 0.233. The van der Waals surface area contributed by atoms with Crippen LogP contribution in [-0.2, 0) is 11.2 Å². The molecular formula is C30H30FN5O2S. The van der Waals surface area contributed by atoms with Gasteiger partial charge in [-0.3, -0.25) is 14.5 Å². The molecule has 39 heavy (non-hydrogen) atoms. The highest BCUT2D eigenvalue weighted by Crippen LogP contribution is 2.24. The van der Waals surface area contributed by atoms with Crippen LogP contribution < -0.4 is 10.6 Å². The fourth-order valence-electron chi connectivity index (χ4n) is 4.61. The maximum absolute atomic E-state index is 13.9. The van der Waals surface area contributed by atoms with E-state index in [1.165, 1.54) is 17.4 Å². The van der Waals surface area contributed by atoms with E-state index in [9.17, 15) is 14.0 Å². The maximum Gasteiger partial charge on any atom is 0.273 e. The minimum Gasteiger partial charge on any atom is -0.348 e. The van der Waals surface area contributed by atoms with Gasteiger partial charge in [0.25, 0.3) is 5.91 Å². The summed E-state index contributed by atoms with van der Waals surface area (Å²) in [6.45, 7) is 2.47. The Morgan fingerprint density at radius 2 is 1.56 bits per heavy atom. The average Bonchev–Trinajstić information content (AvgIpc) is 3.43. The van der Waals surface area contributed by atoms with E-state index in [2.05, 4.69) is 32.7 Å². The molecule has 2 amide bonds. The van der Waals surface area contributed by atoms with Crippen LogP contribution in [0.3, 0.4) is 0 Å². The number of thiazole rings is 1. The zero-order chi connectivity index (χ0) is 27.0. The zero-order valence-corrected chi connectivity index (χ0v) is 22.2. The molecule has 1 saturated heterocycles. The van der Waals surface area contributed by atoms with E-state index in [1.54, 1.807) is 28.5 Å². The number of benzene rings is 3. The lowest BCUT2D eigenvalue weighted by Gasteiger charge is -2.34. The average molecular weight is 544 g/mol. The third-order valence-corrected chi connectivity index (χ3v) is 7.44. The molecule has 0 saturated carbocycles. The molecule has 0 spiro atoms. The predicted molar refractivity (Wildman–Crippen MR) is 152 cm³/mol. The highest BCUT2D eigenvalue weighted by Gasteiger charge is 2.26. The quantitative estimate of drug-likeness (QED) is 0.315. The number of hydrogen-bond donors (Lipinski definition) is 2. The predicted octanol–water partition coefficient (Wildman–Crippen LogP) is 4.88. The standard InChI is InChI=1S/C30H30FN5O2S/c31-24-13-7-8-14-25(24)33-30-34-27(21-39-30)29(38)36-17-15-35(16-18-36)20-28(37)32-26(23-11-5-2-6-12-23)19-22-9-3-1-4-10-22/h1-14,21,26H,15-20H2,(H,32,37)(H,33,34)/t26-/m1/s1. The first-order valence-corrected chi connectivity index (χ1v) is 13.8. The summed E-state index contributed by atoms with van der Waals surface area (Å²) >= 11 is 1.26. The van der Waals surface area contributed by atoms with Crippen LogP contribution in [0.4, 0.5) is 15.2 Å². The Bertz CT molecular complexity index is 1390. The maximum atomic E-state index is 13.9. The van der Waals surface area contributed by atoms with Gasteiger partial charge >= 0.3 is 0 Å². The van der Waals surface area contributed by atoms with Crippen molar-refractivity contribution in [2.24, 2.45) is 0 Å². The van der Waals surface area contributed by atoms with Gasteiger partial charge in [-0.25, -0.2) is 9.37 Å². The second-order valence-corrected chi connectivity index (χ2v) is 10.3. The molecule has 1 aliphatic heterocycles. The smallest absolute Gasteiger partial charge is 0.273 e. The normalized spacial score (nSPS) is 14.5. The summed E-state index contributed by atoms with van der Waals surface area (Å²) in [7, 11) is 0. The first-order valence-electron chi connectivity index (χ1n) is 12.9. The highest BCUT2D eigenvalue weighted by molar-refractivity contribution is 7.14. The first kappa shape index (κ1) is 26.5. The van der Waals surface area contributed by atoms with E-state index in [-0.39, 0.29) is 30.2 Å². The summed E-state index contributed by atoms with van der Waals surface area (Å²) in [6.07, 6.45) is 0.709. The second kappa shape index (κ2) is 12.6. The number of nitrogens with one attached hydrogen (secondary N) is 2. The van der Waals surface area contributed by atoms with Crippen LogP contribution in [0.15, 0.2) is 90.3 Å². The van der Waals surface area contributed by atoms with Gasteiger partial charge in [0.1, 0.15) is 11.5 Å². The van der Waals surface area contributed by atoms with Crippen molar-refractivity contribution in [3.05, 3.63) is 113 Å². The van der Waals surface area contributed by atoms with E-state index in [4.69, 9.17) is 0 Å². The van der Waals surface area contributed by atoms with E-state index < -0.39 is 0 Å². The highest BCUT2D eigenvalue weighted by atomic mass is 32.1. The summed E-state index contributed by atoms with van der Waals surface area (Å²) in [6, 6.07) is 26.4. The molecule has 7 nitrogen and oxygen atoms in total. The number of halogens is 1. The molecule has 5 rings (SSSR count). The number of rotatable bonds is 9. The van der Waals surface area contributed by atoms with Gasteiger partial charge in [0, 0.05) is 31.6 Å². The van der Waals surface area contributed by atoms with Crippen LogP contribution in [0.2, 0.25) is 0 Å². The van der Waals surface area contributed by atoms with Crippen molar-refractivity contribution in [2.75, 3.05) is 38.0 Å². The number of carbonyl (C=O) groups is 2. The van der Waals surface area contributed by atoms with Gasteiger partial charge in [0.05, 0.1) is 18.3 Å². The number of amides is 2. The number of nitrogens with zero attached hydrogens (tertiary/aromatic N) is 3. The van der Waals surface area contributed by atoms with Crippen LogP contribution in [0.5, 0.6) is 0 Å². The minimum atomic E-state index is -0.379. The van der Waals surface area contributed by atoms with Gasteiger partial charge in [-0.1, -0.05) is 72.8 Å².